The highest BCUT2D eigenvalue weighted by molar-refractivity contribution is 5.91. The molecule has 37 heavy (non-hydrogen) atoms. The molecule has 194 valence electrons. The van der Waals surface area contributed by atoms with Crippen molar-refractivity contribution < 1.29 is 32.6 Å². The third-order valence-electron chi connectivity index (χ3n) is 5.21. The van der Waals surface area contributed by atoms with Gasteiger partial charge in [0.25, 0.3) is 0 Å². The van der Waals surface area contributed by atoms with Gasteiger partial charge in [-0.3, -0.25) is 0 Å². The molecule has 0 atom stereocenters. The molecule has 0 amide bonds. The number of nitrogen functional groups attached to an aromatic ring is 2. The van der Waals surface area contributed by atoms with Crippen LogP contribution in [0.4, 0.5) is 20.2 Å². The molecule has 0 aliphatic rings. The molecule has 0 heterocycles. The van der Waals surface area contributed by atoms with Gasteiger partial charge in [0.05, 0.1) is 18.8 Å². The van der Waals surface area contributed by atoms with Crippen molar-refractivity contribution in [2.45, 2.75) is 25.7 Å². The summed E-state index contributed by atoms with van der Waals surface area (Å²) in [6.45, 7) is 0.351. The number of esters is 2. The SMILES string of the molecule is Nc1ccc(CCOC(=O)/C=C/c2ccc(OC(=O)c3ccc(OCCCC(F)F)cc3)cc2)c(N)c1. The molecule has 0 fully saturated rings. The maximum Gasteiger partial charge on any atom is 0.343 e. The van der Waals surface area contributed by atoms with E-state index in [1.165, 1.54) is 18.2 Å². The lowest BCUT2D eigenvalue weighted by atomic mass is 10.1. The van der Waals surface area contributed by atoms with Crippen molar-refractivity contribution in [3.8, 4) is 11.5 Å². The van der Waals surface area contributed by atoms with Crippen LogP contribution in [0.2, 0.25) is 0 Å². The molecule has 7 nitrogen and oxygen atoms in total. The summed E-state index contributed by atoms with van der Waals surface area (Å²) >= 11 is 0. The zero-order chi connectivity index (χ0) is 26.6. The zero-order valence-electron chi connectivity index (χ0n) is 20.1. The summed E-state index contributed by atoms with van der Waals surface area (Å²) in [6.07, 6.45) is 1.05. The number of carbonyl (C=O) groups is 2. The molecule has 0 spiro atoms. The predicted octanol–water partition coefficient (Wildman–Crippen LogP) is 5.29. The Labute approximate surface area is 213 Å². The number of nitrogens with two attached hydrogens (primary N) is 2. The number of alkyl halides is 2. The second-order valence-electron chi connectivity index (χ2n) is 8.07. The van der Waals surface area contributed by atoms with E-state index in [2.05, 4.69) is 0 Å². The Kier molecular flexibility index (Phi) is 10.0. The normalized spacial score (nSPS) is 11.0. The first-order valence-corrected chi connectivity index (χ1v) is 11.6. The highest BCUT2D eigenvalue weighted by Crippen LogP contribution is 2.18. The van der Waals surface area contributed by atoms with Gasteiger partial charge < -0.3 is 25.7 Å². The molecule has 0 bridgehead atoms. The van der Waals surface area contributed by atoms with Crippen LogP contribution in [0.15, 0.2) is 72.8 Å². The van der Waals surface area contributed by atoms with Crippen LogP contribution in [-0.4, -0.2) is 31.6 Å². The summed E-state index contributed by atoms with van der Waals surface area (Å²) in [5, 5.41) is 0. The molecular formula is C28H28F2N2O5. The minimum Gasteiger partial charge on any atom is -0.494 e. The smallest absolute Gasteiger partial charge is 0.343 e. The number of anilines is 2. The average Bonchev–Trinajstić information content (AvgIpc) is 2.88. The molecule has 4 N–H and O–H groups in total. The molecule has 0 radical (unpaired) electrons. The van der Waals surface area contributed by atoms with Gasteiger partial charge in [0.1, 0.15) is 11.5 Å². The van der Waals surface area contributed by atoms with E-state index in [-0.39, 0.29) is 26.1 Å². The average molecular weight is 511 g/mol. The maximum atomic E-state index is 12.4. The van der Waals surface area contributed by atoms with Crippen LogP contribution in [0.3, 0.4) is 0 Å². The summed E-state index contributed by atoms with van der Waals surface area (Å²) in [6, 6.07) is 18.0. The summed E-state index contributed by atoms with van der Waals surface area (Å²) in [5.41, 5.74) is 14.6. The van der Waals surface area contributed by atoms with Crippen molar-refractivity contribution in [3.63, 3.8) is 0 Å². The van der Waals surface area contributed by atoms with Crippen molar-refractivity contribution in [1.82, 2.24) is 0 Å². The van der Waals surface area contributed by atoms with Crippen LogP contribution < -0.4 is 20.9 Å². The number of benzene rings is 3. The molecule has 9 heteroatoms. The number of rotatable bonds is 12. The summed E-state index contributed by atoms with van der Waals surface area (Å²) < 4.78 is 40.2. The van der Waals surface area contributed by atoms with Gasteiger partial charge in [0, 0.05) is 30.3 Å². The highest BCUT2D eigenvalue weighted by atomic mass is 19.3. The number of carbonyl (C=O) groups excluding carboxylic acids is 2. The van der Waals surface area contributed by atoms with Crippen LogP contribution in [0.1, 0.15) is 34.3 Å². The molecular weight excluding hydrogens is 482 g/mol. The second kappa shape index (κ2) is 13.6. The van der Waals surface area contributed by atoms with Crippen molar-refractivity contribution in [2.24, 2.45) is 0 Å². The van der Waals surface area contributed by atoms with Crippen molar-refractivity contribution >= 4 is 29.4 Å². The van der Waals surface area contributed by atoms with Crippen molar-refractivity contribution in [2.75, 3.05) is 24.7 Å². The van der Waals surface area contributed by atoms with Crippen molar-refractivity contribution in [1.29, 1.82) is 0 Å². The Bertz CT molecular complexity index is 1210. The number of ether oxygens (including phenoxy) is 3. The highest BCUT2D eigenvalue weighted by Gasteiger charge is 2.09. The predicted molar refractivity (Wildman–Crippen MR) is 138 cm³/mol. The lowest BCUT2D eigenvalue weighted by molar-refractivity contribution is -0.137. The van der Waals surface area contributed by atoms with Gasteiger partial charge in [0.15, 0.2) is 0 Å². The van der Waals surface area contributed by atoms with Gasteiger partial charge >= 0.3 is 11.9 Å². The molecule has 0 saturated heterocycles. The fourth-order valence-corrected chi connectivity index (χ4v) is 3.24. The van der Waals surface area contributed by atoms with Gasteiger partial charge in [-0.2, -0.15) is 0 Å². The monoisotopic (exact) mass is 510 g/mol. The van der Waals surface area contributed by atoms with Crippen LogP contribution in [0, 0.1) is 0 Å². The lowest BCUT2D eigenvalue weighted by Gasteiger charge is -2.08. The second-order valence-corrected chi connectivity index (χ2v) is 8.07. The summed E-state index contributed by atoms with van der Waals surface area (Å²) in [7, 11) is 0. The zero-order valence-corrected chi connectivity index (χ0v) is 20.1. The fraction of sp³-hybridized carbons (Fsp3) is 0.214. The molecule has 3 aromatic carbocycles. The summed E-state index contributed by atoms with van der Waals surface area (Å²) in [4.78, 5) is 24.3. The minimum atomic E-state index is -2.35. The Morgan fingerprint density at radius 3 is 2.27 bits per heavy atom. The number of halogens is 2. The Hall–Kier alpha value is -4.40. The van der Waals surface area contributed by atoms with E-state index in [1.54, 1.807) is 60.7 Å². The van der Waals surface area contributed by atoms with Gasteiger partial charge in [-0.25, -0.2) is 18.4 Å². The lowest BCUT2D eigenvalue weighted by Crippen LogP contribution is -2.08. The quantitative estimate of drug-likeness (QED) is 0.112. The van der Waals surface area contributed by atoms with E-state index in [0.717, 1.165) is 5.56 Å². The topological polar surface area (TPSA) is 114 Å². The van der Waals surface area contributed by atoms with Gasteiger partial charge in [-0.1, -0.05) is 18.2 Å². The maximum absolute atomic E-state index is 12.4. The standard InChI is InChI=1S/C28H28F2N2O5/c29-26(30)2-1-16-35-23-12-7-21(8-13-23)28(34)37-24-10-3-19(4-11-24)5-14-27(33)36-17-15-20-6-9-22(31)18-25(20)32/h3-14,18,26H,1-2,15-17,31-32H2/b14-5+. The Morgan fingerprint density at radius 1 is 0.892 bits per heavy atom. The van der Waals surface area contributed by atoms with Gasteiger partial charge in [0.2, 0.25) is 6.43 Å². The van der Waals surface area contributed by atoms with E-state index >= 15 is 0 Å². The van der Waals surface area contributed by atoms with Crippen molar-refractivity contribution in [3.05, 3.63) is 89.5 Å². The first-order valence-electron chi connectivity index (χ1n) is 11.6. The first kappa shape index (κ1) is 27.2. The third kappa shape index (κ3) is 9.29. The molecule has 0 aliphatic heterocycles. The number of hydrogen-bond acceptors (Lipinski definition) is 7. The molecule has 0 unspecified atom stereocenters. The van der Waals surface area contributed by atoms with Crippen LogP contribution in [0.5, 0.6) is 11.5 Å². The van der Waals surface area contributed by atoms with E-state index < -0.39 is 18.4 Å². The number of hydrogen-bond donors (Lipinski definition) is 2. The Balaban J connectivity index is 1.42. The largest absolute Gasteiger partial charge is 0.494 e. The van der Waals surface area contributed by atoms with Crippen LogP contribution in [-0.2, 0) is 16.0 Å². The third-order valence-corrected chi connectivity index (χ3v) is 5.21. The Morgan fingerprint density at radius 2 is 1.59 bits per heavy atom. The molecule has 3 aromatic rings. The van der Waals surface area contributed by atoms with Gasteiger partial charge in [-0.15, -0.1) is 0 Å². The van der Waals surface area contributed by atoms with Crippen LogP contribution in [0.25, 0.3) is 6.08 Å². The van der Waals surface area contributed by atoms with Gasteiger partial charge in [-0.05, 0) is 72.2 Å². The first-order chi connectivity index (χ1) is 17.8. The molecule has 0 saturated carbocycles. The van der Waals surface area contributed by atoms with E-state index in [4.69, 9.17) is 25.7 Å². The fourth-order valence-electron chi connectivity index (χ4n) is 3.24. The van der Waals surface area contributed by atoms with Crippen LogP contribution >= 0.6 is 0 Å². The van der Waals surface area contributed by atoms with E-state index in [0.29, 0.717) is 40.4 Å². The minimum absolute atomic E-state index is 0.172. The molecule has 0 aliphatic carbocycles. The summed E-state index contributed by atoms with van der Waals surface area (Å²) in [5.74, 6) is -0.239. The molecule has 0 aromatic heterocycles. The van der Waals surface area contributed by atoms with E-state index in [9.17, 15) is 18.4 Å². The molecule has 3 rings (SSSR count). The van der Waals surface area contributed by atoms with E-state index in [1.807, 2.05) is 0 Å².